The molecule has 0 aromatic carbocycles. The zero-order valence-electron chi connectivity index (χ0n) is 11.2. The average Bonchev–Trinajstić information content (AvgIpc) is 2.32. The van der Waals surface area contributed by atoms with Crippen LogP contribution in [-0.2, 0) is 0 Å². The minimum absolute atomic E-state index is 0.649. The molecule has 1 N–H and O–H groups in total. The molecule has 0 aromatic heterocycles. The molecule has 1 fully saturated rings. The van der Waals surface area contributed by atoms with E-state index >= 15 is 0 Å². The summed E-state index contributed by atoms with van der Waals surface area (Å²) in [5, 5.41) is 12.1. The third-order valence-corrected chi connectivity index (χ3v) is 3.77. The second kappa shape index (κ2) is 10.6. The fourth-order valence-corrected chi connectivity index (χ4v) is 2.70. The highest BCUT2D eigenvalue weighted by Gasteiger charge is 2.08. The number of rotatable bonds is 3. The summed E-state index contributed by atoms with van der Waals surface area (Å²) in [7, 11) is 0. The van der Waals surface area contributed by atoms with Crippen LogP contribution in [-0.4, -0.2) is 12.6 Å². The molecule has 0 amide bonds. The van der Waals surface area contributed by atoms with Crippen LogP contribution in [0.4, 0.5) is 0 Å². The summed E-state index contributed by atoms with van der Waals surface area (Å²) in [5.74, 6) is 0. The minimum atomic E-state index is 0.649. The van der Waals surface area contributed by atoms with E-state index in [9.17, 15) is 0 Å². The van der Waals surface area contributed by atoms with Crippen molar-refractivity contribution in [2.45, 2.75) is 83.1 Å². The quantitative estimate of drug-likeness (QED) is 0.747. The Hall–Kier alpha value is -0.550. The van der Waals surface area contributed by atoms with Crippen LogP contribution < -0.4 is 5.32 Å². The van der Waals surface area contributed by atoms with Gasteiger partial charge in [-0.05, 0) is 12.8 Å². The lowest BCUT2D eigenvalue weighted by molar-refractivity contribution is 0.407. The van der Waals surface area contributed by atoms with Gasteiger partial charge in [0, 0.05) is 19.0 Å². The van der Waals surface area contributed by atoms with Crippen LogP contribution in [0.3, 0.4) is 0 Å². The summed E-state index contributed by atoms with van der Waals surface area (Å²) >= 11 is 0. The molecule has 1 aliphatic carbocycles. The summed E-state index contributed by atoms with van der Waals surface area (Å²) in [6, 6.07) is 2.88. The van der Waals surface area contributed by atoms with Crippen molar-refractivity contribution in [3.8, 4) is 6.07 Å². The molecule has 98 valence electrons. The van der Waals surface area contributed by atoms with Crippen molar-refractivity contribution in [2.24, 2.45) is 0 Å². The van der Waals surface area contributed by atoms with Gasteiger partial charge in [-0.15, -0.1) is 0 Å². The molecule has 1 aliphatic rings. The van der Waals surface area contributed by atoms with Gasteiger partial charge in [0.2, 0.25) is 0 Å². The van der Waals surface area contributed by atoms with Gasteiger partial charge in [-0.25, -0.2) is 0 Å². The van der Waals surface area contributed by atoms with E-state index in [0.717, 1.165) is 6.54 Å². The number of nitriles is 1. The second-order valence-corrected chi connectivity index (χ2v) is 5.32. The molecule has 0 atom stereocenters. The van der Waals surface area contributed by atoms with Gasteiger partial charge in [-0.2, -0.15) is 5.26 Å². The molecule has 0 heterocycles. The molecule has 0 bridgehead atoms. The predicted octanol–water partition coefficient (Wildman–Crippen LogP) is 4.16. The van der Waals surface area contributed by atoms with Crippen molar-refractivity contribution < 1.29 is 0 Å². The smallest absolute Gasteiger partial charge is 0.0635 e. The Labute approximate surface area is 107 Å². The van der Waals surface area contributed by atoms with Crippen molar-refractivity contribution >= 4 is 0 Å². The molecule has 1 rings (SSSR count). The molecule has 2 nitrogen and oxygen atoms in total. The molecule has 0 unspecified atom stereocenters. The lowest BCUT2D eigenvalue weighted by Gasteiger charge is -2.18. The standard InChI is InChI=1S/C15H28N2/c16-13-10-14-17-15-11-8-6-4-2-1-3-5-7-9-12-15/h15,17H,1-12,14H2. The van der Waals surface area contributed by atoms with Gasteiger partial charge in [0.25, 0.3) is 0 Å². The van der Waals surface area contributed by atoms with Crippen molar-refractivity contribution in [3.63, 3.8) is 0 Å². The summed E-state index contributed by atoms with van der Waals surface area (Å²) in [6.45, 7) is 0.876. The maximum absolute atomic E-state index is 8.56. The second-order valence-electron chi connectivity index (χ2n) is 5.32. The number of nitrogens with zero attached hydrogens (tertiary/aromatic N) is 1. The minimum Gasteiger partial charge on any atom is -0.313 e. The van der Waals surface area contributed by atoms with Crippen LogP contribution in [0.1, 0.15) is 77.0 Å². The van der Waals surface area contributed by atoms with Gasteiger partial charge in [-0.3, -0.25) is 0 Å². The lowest BCUT2D eigenvalue weighted by Crippen LogP contribution is -2.29. The van der Waals surface area contributed by atoms with Crippen molar-refractivity contribution in [1.29, 1.82) is 5.26 Å². The highest BCUT2D eigenvalue weighted by molar-refractivity contribution is 4.74. The molecular weight excluding hydrogens is 208 g/mol. The van der Waals surface area contributed by atoms with Crippen molar-refractivity contribution in [1.82, 2.24) is 5.32 Å². The molecule has 0 radical (unpaired) electrons. The van der Waals surface area contributed by atoms with Gasteiger partial charge in [0.15, 0.2) is 0 Å². The summed E-state index contributed by atoms with van der Waals surface area (Å²) in [5.41, 5.74) is 0. The monoisotopic (exact) mass is 236 g/mol. The number of hydrogen-bond donors (Lipinski definition) is 1. The summed E-state index contributed by atoms with van der Waals surface area (Å²) in [6.07, 6.45) is 16.0. The number of nitrogens with one attached hydrogen (secondary N) is 1. The Kier molecular flexibility index (Phi) is 9.04. The fourth-order valence-electron chi connectivity index (χ4n) is 2.70. The topological polar surface area (TPSA) is 35.8 Å². The first-order valence-corrected chi connectivity index (χ1v) is 7.54. The van der Waals surface area contributed by atoms with E-state index in [4.69, 9.17) is 5.26 Å². The average molecular weight is 236 g/mol. The van der Waals surface area contributed by atoms with Gasteiger partial charge >= 0.3 is 0 Å². The maximum Gasteiger partial charge on any atom is 0.0635 e. The lowest BCUT2D eigenvalue weighted by atomic mass is 9.98. The van der Waals surface area contributed by atoms with Gasteiger partial charge < -0.3 is 5.32 Å². The Balaban J connectivity index is 2.20. The first-order valence-electron chi connectivity index (χ1n) is 7.54. The highest BCUT2D eigenvalue weighted by atomic mass is 14.9. The molecule has 0 aromatic rings. The highest BCUT2D eigenvalue weighted by Crippen LogP contribution is 2.16. The van der Waals surface area contributed by atoms with Crippen LogP contribution in [0, 0.1) is 11.3 Å². The third-order valence-electron chi connectivity index (χ3n) is 3.77. The van der Waals surface area contributed by atoms with Crippen LogP contribution in [0.15, 0.2) is 0 Å². The van der Waals surface area contributed by atoms with Crippen LogP contribution in [0.5, 0.6) is 0 Å². The third kappa shape index (κ3) is 8.21. The van der Waals surface area contributed by atoms with Crippen LogP contribution in [0.25, 0.3) is 0 Å². The van der Waals surface area contributed by atoms with Gasteiger partial charge in [-0.1, -0.05) is 57.8 Å². The molecule has 17 heavy (non-hydrogen) atoms. The summed E-state index contributed by atoms with van der Waals surface area (Å²) < 4.78 is 0. The maximum atomic E-state index is 8.56. The van der Waals surface area contributed by atoms with E-state index in [-0.39, 0.29) is 0 Å². The zero-order valence-corrected chi connectivity index (χ0v) is 11.2. The van der Waals surface area contributed by atoms with Crippen LogP contribution >= 0.6 is 0 Å². The Bertz CT molecular complexity index is 195. The van der Waals surface area contributed by atoms with Crippen LogP contribution in [0.2, 0.25) is 0 Å². The van der Waals surface area contributed by atoms with E-state index in [2.05, 4.69) is 11.4 Å². The molecule has 0 saturated heterocycles. The Morgan fingerprint density at radius 3 is 1.76 bits per heavy atom. The van der Waals surface area contributed by atoms with Gasteiger partial charge in [0.1, 0.15) is 0 Å². The fraction of sp³-hybridized carbons (Fsp3) is 0.933. The SMILES string of the molecule is N#CCCNC1CCCCCCCCCCC1. The molecule has 2 heteroatoms. The molecule has 0 aliphatic heterocycles. The van der Waals surface area contributed by atoms with E-state index in [1.54, 1.807) is 0 Å². The predicted molar refractivity (Wildman–Crippen MR) is 72.8 cm³/mol. The van der Waals surface area contributed by atoms with E-state index < -0.39 is 0 Å². The number of hydrogen-bond acceptors (Lipinski definition) is 2. The normalized spacial score (nSPS) is 21.1. The Morgan fingerprint density at radius 1 is 0.824 bits per heavy atom. The Morgan fingerprint density at radius 2 is 1.29 bits per heavy atom. The molecule has 1 saturated carbocycles. The zero-order chi connectivity index (χ0) is 12.2. The molecular formula is C15H28N2. The van der Waals surface area contributed by atoms with E-state index in [1.165, 1.54) is 70.6 Å². The van der Waals surface area contributed by atoms with E-state index in [1.807, 2.05) is 0 Å². The summed E-state index contributed by atoms with van der Waals surface area (Å²) in [4.78, 5) is 0. The molecule has 0 spiro atoms. The first-order chi connectivity index (χ1) is 8.43. The largest absolute Gasteiger partial charge is 0.313 e. The van der Waals surface area contributed by atoms with Crippen molar-refractivity contribution in [2.75, 3.05) is 6.54 Å². The van der Waals surface area contributed by atoms with Gasteiger partial charge in [0.05, 0.1) is 6.07 Å². The first kappa shape index (κ1) is 14.5. The van der Waals surface area contributed by atoms with E-state index in [0.29, 0.717) is 12.5 Å². The van der Waals surface area contributed by atoms with Crippen molar-refractivity contribution in [3.05, 3.63) is 0 Å².